The van der Waals surface area contributed by atoms with Gasteiger partial charge in [-0.25, -0.2) is 0 Å². The summed E-state index contributed by atoms with van der Waals surface area (Å²) in [5, 5.41) is 56.9. The minimum atomic E-state index is -4.85. The molecule has 0 aliphatic rings. The van der Waals surface area contributed by atoms with Crippen LogP contribution in [0.4, 0.5) is 34.1 Å². The van der Waals surface area contributed by atoms with E-state index in [2.05, 4.69) is 30.7 Å². The number of halogens is 1. The van der Waals surface area contributed by atoms with Gasteiger partial charge in [0.15, 0.2) is 5.75 Å². The molecule has 7 aromatic carbocycles. The summed E-state index contributed by atoms with van der Waals surface area (Å²) < 4.78 is 107. The predicted octanol–water partition coefficient (Wildman–Crippen LogP) is 9.91. The van der Waals surface area contributed by atoms with Gasteiger partial charge in [0.25, 0.3) is 30.4 Å². The molecule has 0 unspecified atom stereocenters. The maximum Gasteiger partial charge on any atom is 0.295 e. The first-order valence-electron chi connectivity index (χ1n) is 16.6. The van der Waals surface area contributed by atoms with Crippen LogP contribution in [0.2, 0.25) is 5.02 Å². The molecule has 0 saturated heterocycles. The van der Waals surface area contributed by atoms with E-state index in [9.17, 15) is 54.2 Å². The van der Waals surface area contributed by atoms with Gasteiger partial charge < -0.3 is 20.1 Å². The van der Waals surface area contributed by atoms with Crippen LogP contribution in [0.5, 0.6) is 23.0 Å². The van der Waals surface area contributed by atoms with Crippen LogP contribution in [0.15, 0.2) is 142 Å². The van der Waals surface area contributed by atoms with Crippen molar-refractivity contribution in [2.24, 2.45) is 30.7 Å². The Balaban J connectivity index is 1.28. The van der Waals surface area contributed by atoms with Crippen LogP contribution in [0.1, 0.15) is 0 Å². The highest BCUT2D eigenvalue weighted by Gasteiger charge is 2.22. The number of hydrogen-bond acceptors (Lipinski definition) is 16. The van der Waals surface area contributed by atoms with Crippen molar-refractivity contribution in [3.8, 4) is 23.0 Å². The Hall–Kier alpha value is -6.66. The van der Waals surface area contributed by atoms with E-state index in [4.69, 9.17) is 16.3 Å². The van der Waals surface area contributed by atoms with E-state index in [-0.39, 0.29) is 71.9 Å². The maximum absolute atomic E-state index is 12.1. The number of hydrogen-bond donors (Lipinski definition) is 6. The zero-order valence-electron chi connectivity index (χ0n) is 30.1. The molecule has 0 saturated carbocycles. The van der Waals surface area contributed by atoms with Gasteiger partial charge in [0.1, 0.15) is 44.9 Å². The molecule has 0 aliphatic heterocycles. The summed E-state index contributed by atoms with van der Waals surface area (Å²) in [5.41, 5.74) is -0.483. The Labute approximate surface area is 343 Å². The molecule has 7 aromatic rings. The van der Waals surface area contributed by atoms with Gasteiger partial charge in [0, 0.05) is 27.6 Å². The Kier molecular flexibility index (Phi) is 10.7. The van der Waals surface area contributed by atoms with Gasteiger partial charge in [0.05, 0.1) is 38.7 Å². The van der Waals surface area contributed by atoms with E-state index in [1.54, 1.807) is 0 Å². The Morgan fingerprint density at radius 3 is 1.77 bits per heavy atom. The lowest BCUT2D eigenvalue weighted by Crippen LogP contribution is -1.99. The Morgan fingerprint density at radius 2 is 1.10 bits per heavy atom. The van der Waals surface area contributed by atoms with E-state index < -0.39 is 62.2 Å². The largest absolute Gasteiger partial charge is 0.507 e. The van der Waals surface area contributed by atoms with Crippen LogP contribution in [0, 0.1) is 0 Å². The summed E-state index contributed by atoms with van der Waals surface area (Å²) in [7, 11) is -12.9. The van der Waals surface area contributed by atoms with E-state index in [1.165, 1.54) is 79.9 Å². The molecule has 0 atom stereocenters. The molecule has 6 N–H and O–H groups in total. The standard InChI is InChI=1S/C37H25ClN6O13S3/c1-57-33-16-28(41-43-30-17-34(60(54,55)56)22-3-2-4-31(45)35(22)37(30)47)25(38)15-29(33)42-39-27-11-10-26(21-9-8-20(14-24(21)27)59(51,52)53)40-44-36-23-13-19(58(48,49)50)7-5-18(23)6-12-32(36)46/h2-17,45-47H,1H3,(H,48,49,50)(H,51,52,53)(H,54,55,56). The van der Waals surface area contributed by atoms with Crippen LogP contribution in [0.3, 0.4) is 0 Å². The number of phenols is 3. The molecule has 0 bridgehead atoms. The second kappa shape index (κ2) is 15.5. The monoisotopic (exact) mass is 892 g/mol. The van der Waals surface area contributed by atoms with Crippen LogP contribution >= 0.6 is 11.6 Å². The fourth-order valence-corrected chi connectivity index (χ4v) is 7.94. The summed E-state index contributed by atoms with van der Waals surface area (Å²) >= 11 is 6.49. The number of azo groups is 3. The van der Waals surface area contributed by atoms with Gasteiger partial charge in [0.2, 0.25) is 0 Å². The predicted molar refractivity (Wildman–Crippen MR) is 217 cm³/mol. The third-order valence-electron chi connectivity index (χ3n) is 8.85. The molecular weight excluding hydrogens is 868 g/mol. The number of methoxy groups -OCH3 is 1. The zero-order chi connectivity index (χ0) is 43.3. The van der Waals surface area contributed by atoms with Gasteiger partial charge in [-0.1, -0.05) is 41.9 Å². The SMILES string of the molecule is COc1cc(N=Nc2cc(S(=O)(=O)O)c3cccc(O)c3c2O)c(Cl)cc1N=Nc1ccc(N=Nc2c(O)ccc3ccc(S(=O)(=O)O)cc23)c2ccc(S(=O)(=O)O)cc12. The molecule has 23 heteroatoms. The molecule has 19 nitrogen and oxygen atoms in total. The van der Waals surface area contributed by atoms with Gasteiger partial charge in [-0.2, -0.15) is 25.3 Å². The van der Waals surface area contributed by atoms with Crippen LogP contribution in [0.25, 0.3) is 32.3 Å². The average Bonchev–Trinajstić information content (AvgIpc) is 3.18. The van der Waals surface area contributed by atoms with Gasteiger partial charge >= 0.3 is 0 Å². The zero-order valence-corrected chi connectivity index (χ0v) is 33.3. The molecular formula is C37H25ClN6O13S3. The number of ether oxygens (including phenoxy) is 1. The first-order valence-corrected chi connectivity index (χ1v) is 21.3. The number of nitrogens with zero attached hydrogens (tertiary/aromatic N) is 6. The first kappa shape index (κ1) is 41.5. The highest BCUT2D eigenvalue weighted by Crippen LogP contribution is 2.46. The van der Waals surface area contributed by atoms with Crippen molar-refractivity contribution >= 4 is 108 Å². The number of phenolic OH excluding ortho intramolecular Hbond substituents is 3. The third kappa shape index (κ3) is 8.15. The van der Waals surface area contributed by atoms with Crippen molar-refractivity contribution in [1.82, 2.24) is 0 Å². The number of aromatic hydroxyl groups is 3. The molecule has 0 spiro atoms. The summed E-state index contributed by atoms with van der Waals surface area (Å²) in [5.74, 6) is -1.49. The minimum Gasteiger partial charge on any atom is -0.507 e. The number of rotatable bonds is 10. The first-order chi connectivity index (χ1) is 28.2. The van der Waals surface area contributed by atoms with E-state index in [0.29, 0.717) is 5.39 Å². The summed E-state index contributed by atoms with van der Waals surface area (Å²) in [4.78, 5) is -1.61. The van der Waals surface area contributed by atoms with Crippen molar-refractivity contribution in [2.45, 2.75) is 14.7 Å². The average molecular weight is 893 g/mol. The molecule has 0 aliphatic carbocycles. The van der Waals surface area contributed by atoms with Crippen molar-refractivity contribution in [2.75, 3.05) is 7.11 Å². The fraction of sp³-hybridized carbons (Fsp3) is 0.0270. The van der Waals surface area contributed by atoms with Crippen molar-refractivity contribution < 1.29 is 59.0 Å². The normalized spacial score (nSPS) is 12.8. The highest BCUT2D eigenvalue weighted by molar-refractivity contribution is 7.86. The number of benzene rings is 7. The van der Waals surface area contributed by atoms with E-state index >= 15 is 0 Å². The minimum absolute atomic E-state index is 0.0205. The van der Waals surface area contributed by atoms with Crippen molar-refractivity contribution in [3.05, 3.63) is 102 Å². The molecule has 0 heterocycles. The van der Waals surface area contributed by atoms with Crippen LogP contribution in [-0.4, -0.2) is 61.3 Å². The van der Waals surface area contributed by atoms with E-state index in [1.807, 2.05) is 0 Å². The molecule has 0 aromatic heterocycles. The van der Waals surface area contributed by atoms with Crippen LogP contribution < -0.4 is 4.74 Å². The van der Waals surface area contributed by atoms with Gasteiger partial charge in [-0.15, -0.1) is 30.7 Å². The number of fused-ring (bicyclic) bond motifs is 3. The molecule has 60 heavy (non-hydrogen) atoms. The molecule has 0 radical (unpaired) electrons. The lowest BCUT2D eigenvalue weighted by molar-refractivity contribution is 0.416. The topological polar surface area (TPSA) is 307 Å². The van der Waals surface area contributed by atoms with Gasteiger partial charge in [-0.3, -0.25) is 13.7 Å². The quantitative estimate of drug-likeness (QED) is 0.0550. The third-order valence-corrected chi connectivity index (χ3v) is 11.7. The molecule has 306 valence electrons. The Morgan fingerprint density at radius 1 is 0.517 bits per heavy atom. The molecule has 0 amide bonds. The highest BCUT2D eigenvalue weighted by atomic mass is 35.5. The second-order valence-corrected chi connectivity index (χ2v) is 17.2. The summed E-state index contributed by atoms with van der Waals surface area (Å²) in [6.07, 6.45) is 0. The Bertz CT molecular complexity index is 3400. The molecule has 7 rings (SSSR count). The van der Waals surface area contributed by atoms with Crippen molar-refractivity contribution in [3.63, 3.8) is 0 Å². The summed E-state index contributed by atoms with van der Waals surface area (Å²) in [6, 6.07) is 20.0. The molecule has 0 fully saturated rings. The second-order valence-electron chi connectivity index (χ2n) is 12.6. The lowest BCUT2D eigenvalue weighted by Gasteiger charge is -2.10. The fourth-order valence-electron chi connectivity index (χ4n) is 6.02. The summed E-state index contributed by atoms with van der Waals surface area (Å²) in [6.45, 7) is 0. The smallest absolute Gasteiger partial charge is 0.295 e. The lowest BCUT2D eigenvalue weighted by atomic mass is 10.1. The van der Waals surface area contributed by atoms with E-state index in [0.717, 1.165) is 24.3 Å². The van der Waals surface area contributed by atoms with Crippen LogP contribution in [-0.2, 0) is 30.4 Å². The van der Waals surface area contributed by atoms with Gasteiger partial charge in [-0.05, 0) is 66.0 Å². The maximum atomic E-state index is 12.1. The van der Waals surface area contributed by atoms with Crippen molar-refractivity contribution in [1.29, 1.82) is 0 Å².